The number of benzene rings is 3. The molecule has 158 valence electrons. The third-order valence-corrected chi connectivity index (χ3v) is 5.41. The third-order valence-electron chi connectivity index (χ3n) is 5.41. The van der Waals surface area contributed by atoms with Crippen molar-refractivity contribution < 1.29 is 14.5 Å². The topological polar surface area (TPSA) is 84.7 Å². The standard InChI is InChI=1S/C24H23N3O4/c1-3-6-16-9-11-17(12-10-16)26-23(25-21-8-5-4-7-19(21)24(26)28)20-15-18(31-2)13-14-22(20)27(29)30/h4-5,7-15,23,25H,3,6H2,1-2H3. The molecule has 1 heterocycles. The molecule has 1 unspecified atom stereocenters. The number of nitro benzene ring substituents is 1. The molecule has 31 heavy (non-hydrogen) atoms. The fraction of sp³-hybridized carbons (Fsp3) is 0.208. The van der Waals surface area contributed by atoms with Crippen LogP contribution in [-0.2, 0) is 6.42 Å². The van der Waals surface area contributed by atoms with Gasteiger partial charge in [-0.05, 0) is 48.4 Å². The lowest BCUT2D eigenvalue weighted by molar-refractivity contribution is -0.385. The summed E-state index contributed by atoms with van der Waals surface area (Å²) in [7, 11) is 1.50. The van der Waals surface area contributed by atoms with E-state index in [1.165, 1.54) is 18.7 Å². The van der Waals surface area contributed by atoms with Crippen molar-refractivity contribution in [3.05, 3.63) is 93.5 Å². The van der Waals surface area contributed by atoms with Crippen LogP contribution in [0.3, 0.4) is 0 Å². The van der Waals surface area contributed by atoms with Gasteiger partial charge in [-0.1, -0.05) is 37.6 Å². The molecule has 0 aromatic heterocycles. The van der Waals surface area contributed by atoms with E-state index < -0.39 is 11.1 Å². The number of anilines is 2. The molecule has 3 aromatic carbocycles. The molecule has 0 spiro atoms. The van der Waals surface area contributed by atoms with Crippen LogP contribution < -0.4 is 15.0 Å². The molecule has 1 amide bonds. The van der Waals surface area contributed by atoms with Gasteiger partial charge >= 0.3 is 0 Å². The Labute approximate surface area is 180 Å². The monoisotopic (exact) mass is 417 g/mol. The highest BCUT2D eigenvalue weighted by atomic mass is 16.6. The van der Waals surface area contributed by atoms with Gasteiger partial charge in [-0.25, -0.2) is 0 Å². The molecular formula is C24H23N3O4. The van der Waals surface area contributed by atoms with E-state index in [0.717, 1.165) is 12.8 Å². The number of para-hydroxylation sites is 1. The van der Waals surface area contributed by atoms with E-state index in [4.69, 9.17) is 4.74 Å². The van der Waals surface area contributed by atoms with Gasteiger partial charge in [0.05, 0.1) is 23.2 Å². The van der Waals surface area contributed by atoms with E-state index in [1.807, 2.05) is 30.3 Å². The molecule has 3 aromatic rings. The van der Waals surface area contributed by atoms with Crippen LogP contribution in [0.2, 0.25) is 0 Å². The second kappa shape index (κ2) is 8.47. The molecule has 0 bridgehead atoms. The number of hydrogen-bond donors (Lipinski definition) is 1. The van der Waals surface area contributed by atoms with Crippen LogP contribution in [0.5, 0.6) is 5.75 Å². The Morgan fingerprint density at radius 2 is 1.84 bits per heavy atom. The van der Waals surface area contributed by atoms with Gasteiger partial charge in [0, 0.05) is 17.4 Å². The minimum atomic E-state index is -0.769. The predicted molar refractivity (Wildman–Crippen MR) is 120 cm³/mol. The van der Waals surface area contributed by atoms with Gasteiger partial charge < -0.3 is 10.1 Å². The van der Waals surface area contributed by atoms with Gasteiger partial charge in [0.15, 0.2) is 0 Å². The van der Waals surface area contributed by atoms with E-state index in [0.29, 0.717) is 28.3 Å². The van der Waals surface area contributed by atoms with Gasteiger partial charge in [-0.2, -0.15) is 0 Å². The maximum absolute atomic E-state index is 13.5. The smallest absolute Gasteiger partial charge is 0.276 e. The van der Waals surface area contributed by atoms with Crippen LogP contribution in [0.1, 0.15) is 41.0 Å². The summed E-state index contributed by atoms with van der Waals surface area (Å²) < 4.78 is 5.31. The summed E-state index contributed by atoms with van der Waals surface area (Å²) in [4.78, 5) is 26.4. The molecule has 7 heteroatoms. The molecule has 0 saturated heterocycles. The number of carbonyl (C=O) groups excluding carboxylic acids is 1. The summed E-state index contributed by atoms with van der Waals surface area (Å²) in [6.07, 6.45) is 1.20. The van der Waals surface area contributed by atoms with Crippen molar-refractivity contribution in [3.63, 3.8) is 0 Å². The summed E-state index contributed by atoms with van der Waals surface area (Å²) in [5.74, 6) is 0.256. The second-order valence-electron chi connectivity index (χ2n) is 7.37. The Kier molecular flexibility index (Phi) is 5.58. The summed E-state index contributed by atoms with van der Waals surface area (Å²) in [5, 5.41) is 15.1. The van der Waals surface area contributed by atoms with Crippen LogP contribution in [-0.4, -0.2) is 17.9 Å². The molecule has 4 rings (SSSR count). The molecule has 1 aliphatic rings. The number of methoxy groups -OCH3 is 1. The molecule has 7 nitrogen and oxygen atoms in total. The van der Waals surface area contributed by atoms with E-state index in [1.54, 1.807) is 35.2 Å². The molecule has 0 radical (unpaired) electrons. The predicted octanol–water partition coefficient (Wildman–Crippen LogP) is 5.33. The van der Waals surface area contributed by atoms with Crippen molar-refractivity contribution in [3.8, 4) is 5.75 Å². The molecule has 0 saturated carbocycles. The fourth-order valence-electron chi connectivity index (χ4n) is 3.89. The molecule has 1 aliphatic heterocycles. The molecule has 0 fully saturated rings. The first kappa shape index (κ1) is 20.4. The Morgan fingerprint density at radius 3 is 2.52 bits per heavy atom. The zero-order chi connectivity index (χ0) is 22.0. The quantitative estimate of drug-likeness (QED) is 0.433. The number of aryl methyl sites for hydroxylation is 1. The van der Waals surface area contributed by atoms with Gasteiger partial charge in [-0.15, -0.1) is 0 Å². The highest BCUT2D eigenvalue weighted by molar-refractivity contribution is 6.12. The molecule has 1 N–H and O–H groups in total. The summed E-state index contributed by atoms with van der Waals surface area (Å²) >= 11 is 0. The molecule has 0 aliphatic carbocycles. The average Bonchev–Trinajstić information content (AvgIpc) is 2.79. The summed E-state index contributed by atoms with van der Waals surface area (Å²) in [5.41, 5.74) is 3.25. The first-order valence-electron chi connectivity index (χ1n) is 10.1. The number of nitrogens with zero attached hydrogens (tertiary/aromatic N) is 2. The van der Waals surface area contributed by atoms with Crippen molar-refractivity contribution in [2.24, 2.45) is 0 Å². The van der Waals surface area contributed by atoms with E-state index in [-0.39, 0.29) is 11.6 Å². The minimum Gasteiger partial charge on any atom is -0.497 e. The molecular weight excluding hydrogens is 394 g/mol. The van der Waals surface area contributed by atoms with Crippen LogP contribution in [0.25, 0.3) is 0 Å². The van der Waals surface area contributed by atoms with E-state index >= 15 is 0 Å². The highest BCUT2D eigenvalue weighted by Crippen LogP contribution is 2.40. The van der Waals surface area contributed by atoms with Crippen LogP contribution >= 0.6 is 0 Å². The van der Waals surface area contributed by atoms with Gasteiger partial charge in [0.1, 0.15) is 11.9 Å². The lowest BCUT2D eigenvalue weighted by Gasteiger charge is -2.38. The van der Waals surface area contributed by atoms with Crippen molar-refractivity contribution in [2.45, 2.75) is 25.9 Å². The third kappa shape index (κ3) is 3.82. The Balaban J connectivity index is 1.88. The fourth-order valence-corrected chi connectivity index (χ4v) is 3.89. The van der Waals surface area contributed by atoms with E-state index in [2.05, 4.69) is 12.2 Å². The van der Waals surface area contributed by atoms with Crippen molar-refractivity contribution in [1.29, 1.82) is 0 Å². The normalized spacial score (nSPS) is 15.2. The number of ether oxygens (including phenoxy) is 1. The van der Waals surface area contributed by atoms with Gasteiger partial charge in [0.25, 0.3) is 11.6 Å². The maximum Gasteiger partial charge on any atom is 0.276 e. The van der Waals surface area contributed by atoms with Crippen molar-refractivity contribution >= 4 is 23.0 Å². The lowest BCUT2D eigenvalue weighted by Crippen LogP contribution is -2.43. The number of rotatable bonds is 6. The van der Waals surface area contributed by atoms with Crippen LogP contribution in [0.4, 0.5) is 17.1 Å². The van der Waals surface area contributed by atoms with E-state index in [9.17, 15) is 14.9 Å². The minimum absolute atomic E-state index is 0.0851. The Hall–Kier alpha value is -3.87. The maximum atomic E-state index is 13.5. The lowest BCUT2D eigenvalue weighted by atomic mass is 10.0. The van der Waals surface area contributed by atoms with Gasteiger partial charge in [0.2, 0.25) is 0 Å². The largest absolute Gasteiger partial charge is 0.497 e. The zero-order valence-electron chi connectivity index (χ0n) is 17.4. The summed E-state index contributed by atoms with van der Waals surface area (Å²) in [6, 6.07) is 19.5. The van der Waals surface area contributed by atoms with Gasteiger partial charge in [-0.3, -0.25) is 19.8 Å². The number of nitro groups is 1. The first-order chi connectivity index (χ1) is 15.0. The molecule has 1 atom stereocenters. The van der Waals surface area contributed by atoms with Crippen molar-refractivity contribution in [1.82, 2.24) is 0 Å². The van der Waals surface area contributed by atoms with Crippen LogP contribution in [0.15, 0.2) is 66.7 Å². The second-order valence-corrected chi connectivity index (χ2v) is 7.37. The first-order valence-corrected chi connectivity index (χ1v) is 10.1. The number of carbonyl (C=O) groups is 1. The Bertz CT molecular complexity index is 1130. The van der Waals surface area contributed by atoms with Crippen LogP contribution in [0, 0.1) is 10.1 Å². The Morgan fingerprint density at radius 1 is 1.10 bits per heavy atom. The zero-order valence-corrected chi connectivity index (χ0v) is 17.4. The average molecular weight is 417 g/mol. The number of hydrogen-bond acceptors (Lipinski definition) is 5. The number of nitrogens with one attached hydrogen (secondary N) is 1. The van der Waals surface area contributed by atoms with Crippen molar-refractivity contribution in [2.75, 3.05) is 17.3 Å². The number of fused-ring (bicyclic) bond motifs is 1. The highest BCUT2D eigenvalue weighted by Gasteiger charge is 2.37. The summed E-state index contributed by atoms with van der Waals surface area (Å²) in [6.45, 7) is 2.11. The number of amides is 1. The SMILES string of the molecule is CCCc1ccc(N2C(=O)c3ccccc3NC2c2cc(OC)ccc2[N+](=O)[O-])cc1.